The van der Waals surface area contributed by atoms with Crippen molar-refractivity contribution in [3.8, 4) is 0 Å². The summed E-state index contributed by atoms with van der Waals surface area (Å²) in [6.07, 6.45) is 4.67. The average molecular weight is 298 g/mol. The number of aromatic nitrogens is 1. The van der Waals surface area contributed by atoms with Crippen molar-refractivity contribution in [2.75, 3.05) is 20.2 Å². The summed E-state index contributed by atoms with van der Waals surface area (Å²) >= 11 is 0. The minimum atomic E-state index is -0.330. The van der Waals surface area contributed by atoms with E-state index in [1.165, 1.54) is 7.11 Å². The highest BCUT2D eigenvalue weighted by molar-refractivity contribution is 5.87. The largest absolute Gasteiger partial charge is 0.469 e. The zero-order chi connectivity index (χ0) is 15.5. The number of benzene rings is 1. The van der Waals surface area contributed by atoms with Gasteiger partial charge in [0, 0.05) is 37.3 Å². The van der Waals surface area contributed by atoms with E-state index in [1.807, 2.05) is 30.6 Å². The fraction of sp³-hybridized carbons (Fsp3) is 0.353. The van der Waals surface area contributed by atoms with E-state index in [0.29, 0.717) is 13.1 Å². The van der Waals surface area contributed by atoms with Gasteiger partial charge in [0.2, 0.25) is 5.91 Å². The molecule has 0 bridgehead atoms. The van der Waals surface area contributed by atoms with E-state index in [0.717, 1.165) is 22.8 Å². The Bertz CT molecular complexity index is 709. The van der Waals surface area contributed by atoms with Gasteiger partial charge in [-0.05, 0) is 17.4 Å². The molecule has 0 aliphatic carbocycles. The molecule has 2 aromatic rings. The highest BCUT2D eigenvalue weighted by Gasteiger charge is 2.34. The van der Waals surface area contributed by atoms with Gasteiger partial charge in [0.05, 0.1) is 13.0 Å². The summed E-state index contributed by atoms with van der Waals surface area (Å²) in [5, 5.41) is 2.26. The van der Waals surface area contributed by atoms with Gasteiger partial charge >= 0.3 is 5.97 Å². The summed E-state index contributed by atoms with van der Waals surface area (Å²) in [6.45, 7) is 1.05. The Morgan fingerprint density at radius 2 is 2.18 bits per heavy atom. The maximum absolute atomic E-state index is 12.0. The number of fused-ring (bicyclic) bond motifs is 1. The third-order valence-electron chi connectivity index (χ3n) is 4.15. The molecule has 0 radical (unpaired) electrons. The molecule has 1 aliphatic rings. The van der Waals surface area contributed by atoms with Crippen molar-refractivity contribution >= 4 is 22.6 Å². The van der Waals surface area contributed by atoms with E-state index in [-0.39, 0.29) is 24.2 Å². The van der Waals surface area contributed by atoms with Crippen molar-refractivity contribution in [2.45, 2.75) is 12.8 Å². The maximum Gasteiger partial charge on any atom is 0.310 e. The summed E-state index contributed by atoms with van der Waals surface area (Å²) in [5.41, 5.74) is 1.12. The van der Waals surface area contributed by atoms with Gasteiger partial charge in [0.1, 0.15) is 0 Å². The lowest BCUT2D eigenvalue weighted by molar-refractivity contribution is -0.145. The summed E-state index contributed by atoms with van der Waals surface area (Å²) in [6, 6.07) is 8.08. The number of esters is 1. The molecule has 0 N–H and O–H groups in total. The molecule has 0 spiro atoms. The van der Waals surface area contributed by atoms with E-state index in [2.05, 4.69) is 11.1 Å². The van der Waals surface area contributed by atoms with Crippen LogP contribution in [0.2, 0.25) is 0 Å². The number of carbonyl (C=O) groups excluding carboxylic acids is 2. The molecule has 1 aromatic carbocycles. The van der Waals surface area contributed by atoms with Gasteiger partial charge in [-0.3, -0.25) is 14.6 Å². The second-order valence-electron chi connectivity index (χ2n) is 5.53. The van der Waals surface area contributed by atoms with Gasteiger partial charge in [-0.1, -0.05) is 24.3 Å². The van der Waals surface area contributed by atoms with Crippen LogP contribution in [-0.2, 0) is 20.7 Å². The number of pyridine rings is 1. The van der Waals surface area contributed by atoms with Crippen LogP contribution >= 0.6 is 0 Å². The first-order valence-corrected chi connectivity index (χ1v) is 7.36. The van der Waals surface area contributed by atoms with Gasteiger partial charge < -0.3 is 9.64 Å². The Labute approximate surface area is 128 Å². The lowest BCUT2D eigenvalue weighted by Crippen LogP contribution is -2.28. The Morgan fingerprint density at radius 3 is 3.00 bits per heavy atom. The Morgan fingerprint density at radius 1 is 1.36 bits per heavy atom. The number of rotatable bonds is 4. The van der Waals surface area contributed by atoms with Crippen molar-refractivity contribution < 1.29 is 14.3 Å². The molecule has 1 fully saturated rings. The molecular weight excluding hydrogens is 280 g/mol. The van der Waals surface area contributed by atoms with Crippen LogP contribution in [0.15, 0.2) is 36.7 Å². The van der Waals surface area contributed by atoms with Crippen molar-refractivity contribution in [1.82, 2.24) is 9.88 Å². The molecule has 5 heteroatoms. The molecule has 5 nitrogen and oxygen atoms in total. The first kappa shape index (κ1) is 14.5. The smallest absolute Gasteiger partial charge is 0.310 e. The predicted octanol–water partition coefficient (Wildman–Crippen LogP) is 1.80. The van der Waals surface area contributed by atoms with Crippen LogP contribution in [0, 0.1) is 5.92 Å². The highest BCUT2D eigenvalue weighted by Crippen LogP contribution is 2.21. The monoisotopic (exact) mass is 298 g/mol. The molecule has 1 aliphatic heterocycles. The van der Waals surface area contributed by atoms with Crippen LogP contribution in [0.25, 0.3) is 10.8 Å². The zero-order valence-electron chi connectivity index (χ0n) is 12.5. The number of ether oxygens (including phenoxy) is 1. The molecule has 0 saturated carbocycles. The van der Waals surface area contributed by atoms with Gasteiger partial charge in [-0.25, -0.2) is 0 Å². The van der Waals surface area contributed by atoms with Crippen LogP contribution in [0.5, 0.6) is 0 Å². The maximum atomic E-state index is 12.0. The number of nitrogens with zero attached hydrogens (tertiary/aromatic N) is 2. The number of likely N-dealkylation sites (tertiary alicyclic amines) is 1. The first-order valence-electron chi connectivity index (χ1n) is 7.36. The molecule has 1 amide bonds. The third-order valence-corrected chi connectivity index (χ3v) is 4.15. The molecule has 3 rings (SSSR count). The minimum absolute atomic E-state index is 0.0172. The number of carbonyl (C=O) groups is 2. The molecule has 1 saturated heterocycles. The van der Waals surface area contributed by atoms with Crippen molar-refractivity contribution in [3.05, 3.63) is 42.2 Å². The lowest BCUT2D eigenvalue weighted by Gasteiger charge is -2.16. The zero-order valence-corrected chi connectivity index (χ0v) is 12.5. The highest BCUT2D eigenvalue weighted by atomic mass is 16.5. The van der Waals surface area contributed by atoms with E-state index in [9.17, 15) is 9.59 Å². The van der Waals surface area contributed by atoms with Crippen LogP contribution in [0.4, 0.5) is 0 Å². The Kier molecular flexibility index (Phi) is 4.04. The minimum Gasteiger partial charge on any atom is -0.469 e. The fourth-order valence-corrected chi connectivity index (χ4v) is 2.95. The van der Waals surface area contributed by atoms with Gasteiger partial charge in [-0.15, -0.1) is 0 Å². The third kappa shape index (κ3) is 2.79. The standard InChI is InChI=1S/C17H18N2O3/c1-22-17(21)14-8-16(20)19(11-14)7-6-13-10-18-9-12-4-2-3-5-15(12)13/h2-5,9-10,14H,6-8,11H2,1H3. The van der Waals surface area contributed by atoms with Crippen LogP contribution in [0.1, 0.15) is 12.0 Å². The van der Waals surface area contributed by atoms with E-state index in [4.69, 9.17) is 4.74 Å². The summed E-state index contributed by atoms with van der Waals surface area (Å²) in [4.78, 5) is 29.5. The summed E-state index contributed by atoms with van der Waals surface area (Å²) in [7, 11) is 1.36. The Hall–Kier alpha value is -2.43. The number of amides is 1. The Balaban J connectivity index is 1.70. The number of hydrogen-bond donors (Lipinski definition) is 0. The second-order valence-corrected chi connectivity index (χ2v) is 5.53. The van der Waals surface area contributed by atoms with Crippen molar-refractivity contribution in [2.24, 2.45) is 5.92 Å². The van der Waals surface area contributed by atoms with Crippen molar-refractivity contribution in [3.63, 3.8) is 0 Å². The molecule has 2 heterocycles. The van der Waals surface area contributed by atoms with Crippen LogP contribution in [-0.4, -0.2) is 42.0 Å². The summed E-state index contributed by atoms with van der Waals surface area (Å²) in [5.74, 6) is -0.616. The van der Waals surface area contributed by atoms with Gasteiger partial charge in [-0.2, -0.15) is 0 Å². The van der Waals surface area contributed by atoms with Crippen LogP contribution < -0.4 is 0 Å². The molecule has 1 unspecified atom stereocenters. The SMILES string of the molecule is COC(=O)C1CC(=O)N(CCc2cncc3ccccc23)C1. The average Bonchev–Trinajstić information content (AvgIpc) is 2.93. The van der Waals surface area contributed by atoms with Crippen LogP contribution in [0.3, 0.4) is 0 Å². The fourth-order valence-electron chi connectivity index (χ4n) is 2.95. The van der Waals surface area contributed by atoms with E-state index >= 15 is 0 Å². The van der Waals surface area contributed by atoms with Gasteiger partial charge in [0.15, 0.2) is 0 Å². The summed E-state index contributed by atoms with van der Waals surface area (Å²) < 4.78 is 4.72. The van der Waals surface area contributed by atoms with Crippen molar-refractivity contribution in [1.29, 1.82) is 0 Å². The number of hydrogen-bond acceptors (Lipinski definition) is 4. The molecule has 114 valence electrons. The van der Waals surface area contributed by atoms with E-state index in [1.54, 1.807) is 4.90 Å². The lowest BCUT2D eigenvalue weighted by atomic mass is 10.1. The van der Waals surface area contributed by atoms with E-state index < -0.39 is 0 Å². The van der Waals surface area contributed by atoms with Gasteiger partial charge in [0.25, 0.3) is 0 Å². The predicted molar refractivity (Wildman–Crippen MR) is 82.2 cm³/mol. The molecular formula is C17H18N2O3. The first-order chi connectivity index (χ1) is 10.7. The topological polar surface area (TPSA) is 59.5 Å². The normalized spacial score (nSPS) is 18.0. The molecule has 1 aromatic heterocycles. The molecule has 22 heavy (non-hydrogen) atoms. The quantitative estimate of drug-likeness (QED) is 0.808. The molecule has 1 atom stereocenters. The second kappa shape index (κ2) is 6.13. The number of methoxy groups -OCH3 is 1.